The van der Waals surface area contributed by atoms with E-state index in [4.69, 9.17) is 4.74 Å². The van der Waals surface area contributed by atoms with E-state index in [-0.39, 0.29) is 11.9 Å². The molecule has 0 radical (unpaired) electrons. The average Bonchev–Trinajstić information content (AvgIpc) is 2.80. The van der Waals surface area contributed by atoms with Crippen molar-refractivity contribution in [1.29, 1.82) is 0 Å². The lowest BCUT2D eigenvalue weighted by molar-refractivity contribution is -0.150. The summed E-state index contributed by atoms with van der Waals surface area (Å²) < 4.78 is 5.31. The standard InChI is InChI=1S/C24H27NO3/c1-2-28-24(27)21-16-10-5-11-17-25(18-19-12-6-3-7-13-19)23(26)22(21)20-14-8-4-9-15-20/h3-4,6-10,12-16,21-22H,2,5,11,17-18H2,1H3/b16-10+/t21-,22+/m1/s1. The molecule has 1 amide bonds. The van der Waals surface area contributed by atoms with Crippen LogP contribution in [0, 0.1) is 5.92 Å². The van der Waals surface area contributed by atoms with Gasteiger partial charge in [0.05, 0.1) is 18.4 Å². The number of hydrogen-bond donors (Lipinski definition) is 0. The third-order valence-corrected chi connectivity index (χ3v) is 5.01. The van der Waals surface area contributed by atoms with Gasteiger partial charge in [0.25, 0.3) is 0 Å². The van der Waals surface area contributed by atoms with Gasteiger partial charge in [0, 0.05) is 13.1 Å². The van der Waals surface area contributed by atoms with Gasteiger partial charge in [-0.25, -0.2) is 0 Å². The van der Waals surface area contributed by atoms with Crippen LogP contribution in [0.1, 0.15) is 36.8 Å². The van der Waals surface area contributed by atoms with Gasteiger partial charge in [-0.1, -0.05) is 72.8 Å². The molecule has 0 aromatic heterocycles. The fraction of sp³-hybridized carbons (Fsp3) is 0.333. The summed E-state index contributed by atoms with van der Waals surface area (Å²) in [7, 11) is 0. The van der Waals surface area contributed by atoms with Crippen LogP contribution in [0.25, 0.3) is 0 Å². The zero-order valence-electron chi connectivity index (χ0n) is 16.3. The van der Waals surface area contributed by atoms with E-state index in [0.717, 1.165) is 24.0 Å². The number of benzene rings is 2. The van der Waals surface area contributed by atoms with Crippen LogP contribution >= 0.6 is 0 Å². The first kappa shape index (κ1) is 19.9. The van der Waals surface area contributed by atoms with Gasteiger partial charge >= 0.3 is 5.97 Å². The minimum absolute atomic E-state index is 0.0281. The molecule has 0 N–H and O–H groups in total. The molecule has 2 aromatic carbocycles. The molecule has 0 fully saturated rings. The summed E-state index contributed by atoms with van der Waals surface area (Å²) in [4.78, 5) is 28.3. The van der Waals surface area contributed by atoms with Crippen LogP contribution in [-0.4, -0.2) is 29.9 Å². The number of amides is 1. The second kappa shape index (κ2) is 9.88. The van der Waals surface area contributed by atoms with E-state index in [1.165, 1.54) is 0 Å². The van der Waals surface area contributed by atoms with E-state index in [0.29, 0.717) is 19.7 Å². The van der Waals surface area contributed by atoms with Crippen LogP contribution in [0.3, 0.4) is 0 Å². The van der Waals surface area contributed by atoms with E-state index in [9.17, 15) is 9.59 Å². The number of carbonyl (C=O) groups excluding carboxylic acids is 2. The SMILES string of the molecule is CCOC(=O)[C@@H]1/C=C/CCCN(Cc2ccccc2)C(=O)[C@H]1c1ccccc1. The third kappa shape index (κ3) is 4.89. The zero-order valence-corrected chi connectivity index (χ0v) is 16.3. The van der Waals surface area contributed by atoms with Gasteiger partial charge in [-0.3, -0.25) is 9.59 Å². The fourth-order valence-corrected chi connectivity index (χ4v) is 3.64. The minimum Gasteiger partial charge on any atom is -0.466 e. The Bertz CT molecular complexity index is 801. The quantitative estimate of drug-likeness (QED) is 0.576. The molecular weight excluding hydrogens is 350 g/mol. The molecule has 0 saturated heterocycles. The Morgan fingerprint density at radius 2 is 1.75 bits per heavy atom. The summed E-state index contributed by atoms with van der Waals surface area (Å²) in [5.74, 6) is -1.58. The maximum absolute atomic E-state index is 13.7. The Hall–Kier alpha value is -2.88. The van der Waals surface area contributed by atoms with Crippen molar-refractivity contribution in [3.05, 3.63) is 83.9 Å². The van der Waals surface area contributed by atoms with Crippen molar-refractivity contribution in [3.8, 4) is 0 Å². The van der Waals surface area contributed by atoms with Gasteiger partial charge in [-0.2, -0.15) is 0 Å². The van der Waals surface area contributed by atoms with E-state index in [2.05, 4.69) is 0 Å². The third-order valence-electron chi connectivity index (χ3n) is 5.01. The molecule has 4 heteroatoms. The van der Waals surface area contributed by atoms with E-state index >= 15 is 0 Å². The summed E-state index contributed by atoms with van der Waals surface area (Å²) in [6.45, 7) is 3.29. The van der Waals surface area contributed by atoms with Gasteiger partial charge in [-0.05, 0) is 30.9 Å². The predicted molar refractivity (Wildman–Crippen MR) is 110 cm³/mol. The van der Waals surface area contributed by atoms with Crippen LogP contribution in [0.4, 0.5) is 0 Å². The van der Waals surface area contributed by atoms with Gasteiger partial charge in [0.1, 0.15) is 0 Å². The van der Waals surface area contributed by atoms with Gasteiger partial charge in [0.15, 0.2) is 0 Å². The Balaban J connectivity index is 1.98. The van der Waals surface area contributed by atoms with Gasteiger partial charge in [-0.15, -0.1) is 0 Å². The number of esters is 1. The number of carbonyl (C=O) groups is 2. The second-order valence-electron chi connectivity index (χ2n) is 6.98. The summed E-state index contributed by atoms with van der Waals surface area (Å²) in [6.07, 6.45) is 5.57. The molecule has 0 spiro atoms. The normalized spacial score (nSPS) is 21.3. The largest absolute Gasteiger partial charge is 0.466 e. The molecule has 146 valence electrons. The highest BCUT2D eigenvalue weighted by molar-refractivity contribution is 5.90. The number of hydrogen-bond acceptors (Lipinski definition) is 3. The van der Waals surface area contributed by atoms with Crippen molar-refractivity contribution in [2.75, 3.05) is 13.2 Å². The van der Waals surface area contributed by atoms with E-state index in [1.54, 1.807) is 6.92 Å². The van der Waals surface area contributed by atoms with Crippen molar-refractivity contribution < 1.29 is 14.3 Å². The van der Waals surface area contributed by atoms with E-state index < -0.39 is 11.8 Å². The maximum atomic E-state index is 13.7. The van der Waals surface area contributed by atoms with Crippen molar-refractivity contribution in [2.45, 2.75) is 32.2 Å². The van der Waals surface area contributed by atoms with Gasteiger partial charge < -0.3 is 9.64 Å². The highest BCUT2D eigenvalue weighted by atomic mass is 16.5. The minimum atomic E-state index is -0.619. The number of nitrogens with zero attached hydrogens (tertiary/aromatic N) is 1. The maximum Gasteiger partial charge on any atom is 0.313 e. The first-order valence-electron chi connectivity index (χ1n) is 9.91. The summed E-state index contributed by atoms with van der Waals surface area (Å²) >= 11 is 0. The summed E-state index contributed by atoms with van der Waals surface area (Å²) in [5.41, 5.74) is 1.93. The predicted octanol–water partition coefficient (Wildman–Crippen LogP) is 4.33. The Kier molecular flexibility index (Phi) is 7.01. The second-order valence-corrected chi connectivity index (χ2v) is 6.98. The highest BCUT2D eigenvalue weighted by Gasteiger charge is 2.37. The molecule has 0 bridgehead atoms. The van der Waals surface area contributed by atoms with Crippen LogP contribution in [0.5, 0.6) is 0 Å². The molecule has 2 aromatic rings. The first-order valence-corrected chi connectivity index (χ1v) is 9.91. The molecule has 3 rings (SSSR count). The van der Waals surface area contributed by atoms with Crippen molar-refractivity contribution >= 4 is 11.9 Å². The smallest absolute Gasteiger partial charge is 0.313 e. The molecule has 0 unspecified atom stereocenters. The molecule has 28 heavy (non-hydrogen) atoms. The van der Waals surface area contributed by atoms with Crippen LogP contribution in [-0.2, 0) is 20.9 Å². The molecule has 2 atom stereocenters. The zero-order chi connectivity index (χ0) is 19.8. The Morgan fingerprint density at radius 3 is 2.43 bits per heavy atom. The Morgan fingerprint density at radius 1 is 1.07 bits per heavy atom. The summed E-state index contributed by atoms with van der Waals surface area (Å²) in [5, 5.41) is 0. The number of ether oxygens (including phenoxy) is 1. The highest BCUT2D eigenvalue weighted by Crippen LogP contribution is 2.31. The van der Waals surface area contributed by atoms with Crippen molar-refractivity contribution in [3.63, 3.8) is 0 Å². The molecule has 4 nitrogen and oxygen atoms in total. The van der Waals surface area contributed by atoms with Crippen LogP contribution < -0.4 is 0 Å². The number of allylic oxidation sites excluding steroid dienone is 1. The molecule has 1 aliphatic heterocycles. The Labute approximate surface area is 166 Å². The number of rotatable bonds is 5. The molecule has 1 aliphatic rings. The topological polar surface area (TPSA) is 46.6 Å². The lowest BCUT2D eigenvalue weighted by Gasteiger charge is -2.30. The molecular formula is C24H27NO3. The molecule has 0 saturated carbocycles. The molecule has 1 heterocycles. The molecule has 0 aliphatic carbocycles. The first-order chi connectivity index (χ1) is 13.7. The van der Waals surface area contributed by atoms with Crippen molar-refractivity contribution in [1.82, 2.24) is 4.90 Å². The average molecular weight is 377 g/mol. The van der Waals surface area contributed by atoms with Crippen molar-refractivity contribution in [2.24, 2.45) is 5.92 Å². The van der Waals surface area contributed by atoms with E-state index in [1.807, 2.05) is 77.7 Å². The lowest BCUT2D eigenvalue weighted by atomic mass is 9.84. The fourth-order valence-electron chi connectivity index (χ4n) is 3.64. The van der Waals surface area contributed by atoms with Crippen LogP contribution in [0.15, 0.2) is 72.8 Å². The monoisotopic (exact) mass is 377 g/mol. The van der Waals surface area contributed by atoms with Gasteiger partial charge in [0.2, 0.25) is 5.91 Å². The van der Waals surface area contributed by atoms with Crippen LogP contribution in [0.2, 0.25) is 0 Å². The summed E-state index contributed by atoms with van der Waals surface area (Å²) in [6, 6.07) is 19.5. The lowest BCUT2D eigenvalue weighted by Crippen LogP contribution is -2.39.